The number of rotatable bonds is 5. The quantitative estimate of drug-likeness (QED) is 0.846. The maximum absolute atomic E-state index is 13.6. The molecule has 5 heteroatoms. The van der Waals surface area contributed by atoms with Gasteiger partial charge in [-0.25, -0.2) is 4.39 Å². The molecule has 88 valence electrons. The molecule has 0 bridgehead atoms. The van der Waals surface area contributed by atoms with E-state index in [1.54, 1.807) is 6.07 Å². The maximum Gasteiger partial charge on any atom is 0.164 e. The fourth-order valence-corrected chi connectivity index (χ4v) is 1.87. The lowest BCUT2D eigenvalue weighted by Crippen LogP contribution is -2.09. The third-order valence-corrected chi connectivity index (χ3v) is 2.83. The van der Waals surface area contributed by atoms with Crippen molar-refractivity contribution in [3.63, 3.8) is 0 Å². The van der Waals surface area contributed by atoms with Crippen LogP contribution in [0.4, 0.5) is 4.39 Å². The molecule has 0 aromatic heterocycles. The van der Waals surface area contributed by atoms with E-state index in [-0.39, 0.29) is 25.4 Å². The van der Waals surface area contributed by atoms with Crippen molar-refractivity contribution in [3.05, 3.63) is 33.5 Å². The van der Waals surface area contributed by atoms with Gasteiger partial charge in [0.15, 0.2) is 5.78 Å². The highest BCUT2D eigenvalue weighted by Crippen LogP contribution is 2.23. The summed E-state index contributed by atoms with van der Waals surface area (Å²) in [6.45, 7) is 0.426. The summed E-state index contributed by atoms with van der Waals surface area (Å²) in [5.74, 6) is -0.609. The van der Waals surface area contributed by atoms with Crippen molar-refractivity contribution in [2.75, 3.05) is 13.7 Å². The zero-order valence-electron chi connectivity index (χ0n) is 8.93. The number of ketones is 1. The third kappa shape index (κ3) is 3.10. The second-order valence-corrected chi connectivity index (χ2v) is 4.17. The SMILES string of the molecule is COCc1c(F)cc(C(=O)CCN)cc1Br. The second kappa shape index (κ2) is 6.08. The number of halogens is 2. The molecule has 1 aromatic carbocycles. The summed E-state index contributed by atoms with van der Waals surface area (Å²) in [5, 5.41) is 0. The fourth-order valence-electron chi connectivity index (χ4n) is 1.32. The van der Waals surface area contributed by atoms with E-state index >= 15 is 0 Å². The lowest BCUT2D eigenvalue weighted by Gasteiger charge is -2.07. The standard InChI is InChI=1S/C11H13BrFNO2/c1-16-6-8-9(12)4-7(5-10(8)13)11(15)2-3-14/h4-5H,2-3,6,14H2,1H3. The van der Waals surface area contributed by atoms with Gasteiger partial charge in [0, 0.05) is 29.1 Å². The van der Waals surface area contributed by atoms with Gasteiger partial charge in [-0.3, -0.25) is 4.79 Å². The molecule has 2 N–H and O–H groups in total. The molecule has 0 spiro atoms. The van der Waals surface area contributed by atoms with E-state index < -0.39 is 5.82 Å². The molecule has 0 amide bonds. The molecule has 0 heterocycles. The molecule has 0 atom stereocenters. The molecule has 0 saturated carbocycles. The Morgan fingerprint density at radius 3 is 2.75 bits per heavy atom. The van der Waals surface area contributed by atoms with Crippen molar-refractivity contribution >= 4 is 21.7 Å². The molecule has 0 radical (unpaired) electrons. The summed E-state index contributed by atoms with van der Waals surface area (Å²) in [6, 6.07) is 2.81. The van der Waals surface area contributed by atoms with Gasteiger partial charge in [-0.1, -0.05) is 15.9 Å². The predicted molar refractivity (Wildman–Crippen MR) is 62.8 cm³/mol. The molecule has 1 aromatic rings. The van der Waals surface area contributed by atoms with Gasteiger partial charge in [0.2, 0.25) is 0 Å². The first-order valence-corrected chi connectivity index (χ1v) is 5.59. The van der Waals surface area contributed by atoms with E-state index in [4.69, 9.17) is 10.5 Å². The van der Waals surface area contributed by atoms with Gasteiger partial charge in [0.25, 0.3) is 0 Å². The molecule has 0 aliphatic heterocycles. The van der Waals surface area contributed by atoms with Crippen LogP contribution >= 0.6 is 15.9 Å². The minimum atomic E-state index is -0.448. The molecule has 0 unspecified atom stereocenters. The zero-order chi connectivity index (χ0) is 12.1. The van der Waals surface area contributed by atoms with Gasteiger partial charge in [-0.15, -0.1) is 0 Å². The first kappa shape index (κ1) is 13.3. The summed E-state index contributed by atoms with van der Waals surface area (Å²) < 4.78 is 19.0. The maximum atomic E-state index is 13.6. The average molecular weight is 290 g/mol. The van der Waals surface area contributed by atoms with Crippen molar-refractivity contribution in [2.45, 2.75) is 13.0 Å². The molecule has 0 saturated heterocycles. The van der Waals surface area contributed by atoms with Crippen LogP contribution in [-0.2, 0) is 11.3 Å². The summed E-state index contributed by atoms with van der Waals surface area (Å²) >= 11 is 3.21. The van der Waals surface area contributed by atoms with Crippen LogP contribution in [-0.4, -0.2) is 19.4 Å². The van der Waals surface area contributed by atoms with Gasteiger partial charge in [-0.2, -0.15) is 0 Å². The summed E-state index contributed by atoms with van der Waals surface area (Å²) in [6.07, 6.45) is 0.218. The number of benzene rings is 1. The van der Waals surface area contributed by atoms with Crippen LogP contribution in [0.1, 0.15) is 22.3 Å². The molecule has 0 aliphatic rings. The minimum absolute atomic E-state index is 0.161. The Labute approximate surface area is 102 Å². The molecule has 16 heavy (non-hydrogen) atoms. The summed E-state index contributed by atoms with van der Waals surface area (Å²) in [7, 11) is 1.49. The normalized spacial score (nSPS) is 10.5. The van der Waals surface area contributed by atoms with Crippen molar-refractivity contribution in [2.24, 2.45) is 5.73 Å². The van der Waals surface area contributed by atoms with Crippen molar-refractivity contribution in [3.8, 4) is 0 Å². The van der Waals surface area contributed by atoms with Crippen molar-refractivity contribution in [1.82, 2.24) is 0 Å². The summed E-state index contributed by atoms with van der Waals surface area (Å²) in [4.78, 5) is 11.5. The molecular formula is C11H13BrFNO2. The zero-order valence-corrected chi connectivity index (χ0v) is 10.5. The third-order valence-electron chi connectivity index (χ3n) is 2.12. The summed E-state index contributed by atoms with van der Waals surface area (Å²) in [5.41, 5.74) is 6.01. The fraction of sp³-hybridized carbons (Fsp3) is 0.364. The van der Waals surface area contributed by atoms with E-state index in [1.807, 2.05) is 0 Å². The van der Waals surface area contributed by atoms with Crippen LogP contribution in [0.3, 0.4) is 0 Å². The number of carbonyl (C=O) groups is 1. The van der Waals surface area contributed by atoms with Crippen LogP contribution in [0.15, 0.2) is 16.6 Å². The van der Waals surface area contributed by atoms with Crippen LogP contribution in [0.2, 0.25) is 0 Å². The van der Waals surface area contributed by atoms with Crippen LogP contribution in [0.5, 0.6) is 0 Å². The highest BCUT2D eigenvalue weighted by molar-refractivity contribution is 9.10. The van der Waals surface area contributed by atoms with E-state index in [0.29, 0.717) is 15.6 Å². The van der Waals surface area contributed by atoms with Crippen LogP contribution < -0.4 is 5.73 Å². The topological polar surface area (TPSA) is 52.3 Å². The Morgan fingerprint density at radius 1 is 1.56 bits per heavy atom. The minimum Gasteiger partial charge on any atom is -0.380 e. The van der Waals surface area contributed by atoms with Crippen LogP contribution in [0, 0.1) is 5.82 Å². The lowest BCUT2D eigenvalue weighted by atomic mass is 10.1. The van der Waals surface area contributed by atoms with Gasteiger partial charge < -0.3 is 10.5 Å². The number of carbonyl (C=O) groups excluding carboxylic acids is 1. The van der Waals surface area contributed by atoms with Gasteiger partial charge in [0.05, 0.1) is 6.61 Å². The van der Waals surface area contributed by atoms with Gasteiger partial charge >= 0.3 is 0 Å². The monoisotopic (exact) mass is 289 g/mol. The predicted octanol–water partition coefficient (Wildman–Crippen LogP) is 2.27. The Kier molecular flexibility index (Phi) is 5.05. The Morgan fingerprint density at radius 2 is 2.25 bits per heavy atom. The average Bonchev–Trinajstić information content (AvgIpc) is 2.23. The first-order chi connectivity index (χ1) is 7.60. The lowest BCUT2D eigenvalue weighted by molar-refractivity contribution is 0.0984. The second-order valence-electron chi connectivity index (χ2n) is 3.31. The van der Waals surface area contributed by atoms with Crippen LogP contribution in [0.25, 0.3) is 0 Å². The Bertz CT molecular complexity index is 373. The van der Waals surface area contributed by atoms with E-state index in [1.165, 1.54) is 13.2 Å². The Balaban J connectivity index is 3.04. The number of nitrogens with two attached hydrogens (primary N) is 1. The van der Waals surface area contributed by atoms with Crippen molar-refractivity contribution in [1.29, 1.82) is 0 Å². The molecule has 1 rings (SSSR count). The number of hydrogen-bond acceptors (Lipinski definition) is 3. The highest BCUT2D eigenvalue weighted by atomic mass is 79.9. The van der Waals surface area contributed by atoms with Gasteiger partial charge in [0.1, 0.15) is 5.82 Å². The molecule has 0 aliphatic carbocycles. The largest absolute Gasteiger partial charge is 0.380 e. The number of ether oxygens (including phenoxy) is 1. The number of Topliss-reactive ketones (excluding diaryl/α,β-unsaturated/α-hetero) is 1. The molecule has 0 fully saturated rings. The molecule has 3 nitrogen and oxygen atoms in total. The molecular weight excluding hydrogens is 277 g/mol. The first-order valence-electron chi connectivity index (χ1n) is 4.80. The van der Waals surface area contributed by atoms with E-state index in [0.717, 1.165) is 0 Å². The number of hydrogen-bond donors (Lipinski definition) is 1. The van der Waals surface area contributed by atoms with Gasteiger partial charge in [-0.05, 0) is 18.7 Å². The van der Waals surface area contributed by atoms with Crippen molar-refractivity contribution < 1.29 is 13.9 Å². The Hall–Kier alpha value is -0.780. The highest BCUT2D eigenvalue weighted by Gasteiger charge is 2.13. The van der Waals surface area contributed by atoms with E-state index in [9.17, 15) is 9.18 Å². The number of methoxy groups -OCH3 is 1. The van der Waals surface area contributed by atoms with E-state index in [2.05, 4.69) is 15.9 Å². The smallest absolute Gasteiger partial charge is 0.164 e.